The van der Waals surface area contributed by atoms with Gasteiger partial charge < -0.3 is 30.9 Å². The number of hydrazine groups is 1. The summed E-state index contributed by atoms with van der Waals surface area (Å²) in [4.78, 5) is 24.5. The van der Waals surface area contributed by atoms with Crippen LogP contribution in [0.1, 0.15) is 29.8 Å². The van der Waals surface area contributed by atoms with Gasteiger partial charge in [-0.1, -0.05) is 12.1 Å². The van der Waals surface area contributed by atoms with Crippen molar-refractivity contribution in [2.24, 2.45) is 11.6 Å². The van der Waals surface area contributed by atoms with Crippen LogP contribution < -0.4 is 26.9 Å². The molecule has 0 aliphatic carbocycles. The number of aromatic nitrogens is 1. The third kappa shape index (κ3) is 9.28. The summed E-state index contributed by atoms with van der Waals surface area (Å²) >= 11 is 0. The molecule has 1 amide bonds. The molecule has 1 aromatic carbocycles. The maximum Gasteiger partial charge on any atom is 0.253 e. The fourth-order valence-corrected chi connectivity index (χ4v) is 2.57. The van der Waals surface area contributed by atoms with E-state index in [1.165, 1.54) is 12.1 Å². The predicted octanol–water partition coefficient (Wildman–Crippen LogP) is 1.88. The van der Waals surface area contributed by atoms with Gasteiger partial charge in [0.05, 0.1) is 24.6 Å². The number of para-hydroxylation sites is 1. The highest BCUT2D eigenvalue weighted by atomic mass is 16.5. The molecule has 0 atom stereocenters. The fourth-order valence-electron chi connectivity index (χ4n) is 2.57. The van der Waals surface area contributed by atoms with E-state index in [1.54, 1.807) is 32.6 Å². The zero-order chi connectivity index (χ0) is 23.8. The van der Waals surface area contributed by atoms with Gasteiger partial charge in [-0.05, 0) is 45.2 Å². The number of ether oxygens (including phenoxy) is 1. The summed E-state index contributed by atoms with van der Waals surface area (Å²) in [6, 6.07) is 9.35. The zero-order valence-corrected chi connectivity index (χ0v) is 18.9. The Bertz CT molecular complexity index is 824. The Morgan fingerprint density at radius 3 is 2.48 bits per heavy atom. The lowest BCUT2D eigenvalue weighted by Crippen LogP contribution is -2.30. The molecule has 1 heterocycles. The van der Waals surface area contributed by atoms with E-state index in [4.69, 9.17) is 15.4 Å². The molecule has 9 heteroatoms. The first-order valence-corrected chi connectivity index (χ1v) is 9.60. The minimum atomic E-state index is -0.106. The van der Waals surface area contributed by atoms with E-state index in [1.807, 2.05) is 51.0 Å². The number of hydrogen-bond donors (Lipinski definition) is 4. The number of hydrogen-bond acceptors (Lipinski definition) is 8. The number of carbonyl (C=O) groups is 2. The predicted molar refractivity (Wildman–Crippen MR) is 125 cm³/mol. The lowest BCUT2D eigenvalue weighted by molar-refractivity contribution is -0.0980. The molecular weight excluding hydrogens is 396 g/mol. The topological polar surface area (TPSA) is 136 Å². The third-order valence-corrected chi connectivity index (χ3v) is 3.80. The van der Waals surface area contributed by atoms with Crippen LogP contribution in [-0.4, -0.2) is 56.5 Å². The molecule has 0 aliphatic rings. The van der Waals surface area contributed by atoms with Crippen LogP contribution in [0.5, 0.6) is 5.75 Å². The summed E-state index contributed by atoms with van der Waals surface area (Å²) in [6.07, 6.45) is 5.30. The Labute approximate surface area is 184 Å². The molecule has 0 unspecified atom stereocenters. The molecule has 0 spiro atoms. The highest BCUT2D eigenvalue weighted by Crippen LogP contribution is 2.20. The first-order chi connectivity index (χ1) is 14.9. The Hall–Kier alpha value is -3.43. The number of anilines is 1. The van der Waals surface area contributed by atoms with Crippen molar-refractivity contribution in [3.05, 3.63) is 59.9 Å². The molecular formula is C22H34N6O3. The molecule has 0 radical (unpaired) electrons. The van der Waals surface area contributed by atoms with Crippen LogP contribution in [-0.2, 0) is 4.79 Å². The second-order valence-corrected chi connectivity index (χ2v) is 6.37. The van der Waals surface area contributed by atoms with Gasteiger partial charge in [0.25, 0.3) is 5.91 Å². The number of nitrogens with one attached hydrogen (secondary N) is 2. The molecule has 2 aromatic rings. The largest absolute Gasteiger partial charge is 0.495 e. The second-order valence-electron chi connectivity index (χ2n) is 6.37. The van der Waals surface area contributed by atoms with E-state index < -0.39 is 0 Å². The van der Waals surface area contributed by atoms with Crippen molar-refractivity contribution < 1.29 is 14.3 Å². The molecule has 31 heavy (non-hydrogen) atoms. The molecule has 0 saturated carbocycles. The van der Waals surface area contributed by atoms with Gasteiger partial charge in [0.15, 0.2) is 0 Å². The number of methoxy groups -OCH3 is 1. The second kappa shape index (κ2) is 15.4. The normalized spacial score (nSPS) is 10.1. The van der Waals surface area contributed by atoms with Gasteiger partial charge in [-0.3, -0.25) is 9.78 Å². The van der Waals surface area contributed by atoms with Crippen molar-refractivity contribution in [2.45, 2.75) is 19.9 Å². The van der Waals surface area contributed by atoms with Crippen molar-refractivity contribution in [1.82, 2.24) is 15.3 Å². The van der Waals surface area contributed by atoms with Gasteiger partial charge >= 0.3 is 0 Å². The number of carbonyl (C=O) groups excluding carboxylic acids is 2. The van der Waals surface area contributed by atoms with E-state index in [9.17, 15) is 4.79 Å². The Balaban J connectivity index is 0.00000212. The monoisotopic (exact) mass is 430 g/mol. The van der Waals surface area contributed by atoms with Crippen LogP contribution in [0.25, 0.3) is 5.70 Å². The molecule has 2 rings (SSSR count). The molecule has 0 bridgehead atoms. The number of pyridine rings is 1. The maximum absolute atomic E-state index is 12.4. The van der Waals surface area contributed by atoms with Crippen LogP contribution in [0.4, 0.5) is 5.69 Å². The Morgan fingerprint density at radius 2 is 1.90 bits per heavy atom. The quantitative estimate of drug-likeness (QED) is 0.368. The molecule has 170 valence electrons. The van der Waals surface area contributed by atoms with Gasteiger partial charge in [0.2, 0.25) is 0 Å². The summed E-state index contributed by atoms with van der Waals surface area (Å²) in [5.74, 6) is 6.53. The number of benzene rings is 1. The minimum Gasteiger partial charge on any atom is -0.495 e. The van der Waals surface area contributed by atoms with E-state index in [-0.39, 0.29) is 11.9 Å². The van der Waals surface area contributed by atoms with Crippen molar-refractivity contribution in [2.75, 3.05) is 33.1 Å². The molecule has 0 aliphatic heterocycles. The SMILES string of the molecule is C=O.CN.COc1cncc(/C(=C/CNc2ccccc2C(=O)NC(C)C)N(C)N)c1. The van der Waals surface area contributed by atoms with Crippen LogP contribution in [0.3, 0.4) is 0 Å². The first-order valence-electron chi connectivity index (χ1n) is 9.60. The molecule has 1 aromatic heterocycles. The smallest absolute Gasteiger partial charge is 0.253 e. The lowest BCUT2D eigenvalue weighted by Gasteiger charge is -2.18. The third-order valence-electron chi connectivity index (χ3n) is 3.80. The Morgan fingerprint density at radius 1 is 1.26 bits per heavy atom. The average molecular weight is 431 g/mol. The van der Waals surface area contributed by atoms with E-state index in [0.29, 0.717) is 17.9 Å². The highest BCUT2D eigenvalue weighted by Gasteiger charge is 2.12. The van der Waals surface area contributed by atoms with Crippen molar-refractivity contribution in [3.63, 3.8) is 0 Å². The number of amides is 1. The molecule has 6 N–H and O–H groups in total. The van der Waals surface area contributed by atoms with Crippen molar-refractivity contribution >= 4 is 24.1 Å². The van der Waals surface area contributed by atoms with E-state index >= 15 is 0 Å². The Kier molecular flexibility index (Phi) is 13.7. The zero-order valence-electron chi connectivity index (χ0n) is 18.9. The van der Waals surface area contributed by atoms with Gasteiger partial charge in [0.1, 0.15) is 12.5 Å². The lowest BCUT2D eigenvalue weighted by atomic mass is 10.1. The van der Waals surface area contributed by atoms with Gasteiger partial charge in [-0.2, -0.15) is 0 Å². The minimum absolute atomic E-state index is 0.0727. The summed E-state index contributed by atoms with van der Waals surface area (Å²) in [5, 5.41) is 7.71. The average Bonchev–Trinajstić information content (AvgIpc) is 2.79. The first kappa shape index (κ1) is 27.6. The van der Waals surface area contributed by atoms with Crippen LogP contribution in [0, 0.1) is 0 Å². The summed E-state index contributed by atoms with van der Waals surface area (Å²) in [5.41, 5.74) is 7.49. The van der Waals surface area contributed by atoms with Crippen LogP contribution >= 0.6 is 0 Å². The summed E-state index contributed by atoms with van der Waals surface area (Å²) in [6.45, 7) is 6.35. The molecule has 0 saturated heterocycles. The summed E-state index contributed by atoms with van der Waals surface area (Å²) < 4.78 is 5.22. The standard InChI is InChI=1S/C20H27N5O2.CH5N.CH2O/c1-14(2)24-20(26)17-7-5-6-8-18(17)23-10-9-19(25(3)21)15-11-16(27-4)13-22-12-15;2*1-2/h5-9,11-14,23H,10,21H2,1-4H3,(H,24,26);2H2,1H3;1H2/b19-9-;;. The van der Waals surface area contributed by atoms with Crippen LogP contribution in [0.15, 0.2) is 48.8 Å². The number of nitrogens with zero attached hydrogens (tertiary/aromatic N) is 2. The van der Waals surface area contributed by atoms with Gasteiger partial charge in [-0.25, -0.2) is 5.84 Å². The summed E-state index contributed by atoms with van der Waals surface area (Å²) in [7, 11) is 4.85. The molecule has 0 fully saturated rings. The number of nitrogens with two attached hydrogens (primary N) is 2. The fraction of sp³-hybridized carbons (Fsp3) is 0.318. The van der Waals surface area contributed by atoms with Gasteiger partial charge in [0, 0.05) is 37.1 Å². The van der Waals surface area contributed by atoms with Gasteiger partial charge in [-0.15, -0.1) is 0 Å². The highest BCUT2D eigenvalue weighted by molar-refractivity contribution is 5.99. The van der Waals surface area contributed by atoms with E-state index in [0.717, 1.165) is 16.9 Å². The molecule has 9 nitrogen and oxygen atoms in total. The van der Waals surface area contributed by atoms with Crippen LogP contribution in [0.2, 0.25) is 0 Å². The van der Waals surface area contributed by atoms with Crippen molar-refractivity contribution in [1.29, 1.82) is 0 Å². The van der Waals surface area contributed by atoms with E-state index in [2.05, 4.69) is 21.4 Å². The number of rotatable bonds is 8. The van der Waals surface area contributed by atoms with Crippen molar-refractivity contribution in [3.8, 4) is 5.75 Å². The maximum atomic E-state index is 12.4.